The Hall–Kier alpha value is -1.02. The lowest BCUT2D eigenvalue weighted by Gasteiger charge is -2.05. The van der Waals surface area contributed by atoms with Crippen LogP contribution >= 0.6 is 0 Å². The van der Waals surface area contributed by atoms with Crippen molar-refractivity contribution in [1.29, 1.82) is 0 Å². The van der Waals surface area contributed by atoms with Gasteiger partial charge in [0.05, 0.1) is 6.61 Å². The summed E-state index contributed by atoms with van der Waals surface area (Å²) in [6.45, 7) is 9.10. The Morgan fingerprint density at radius 3 is 3.08 bits per heavy atom. The fourth-order valence-electron chi connectivity index (χ4n) is 1.36. The fourth-order valence-corrected chi connectivity index (χ4v) is 1.36. The standard InChI is InChI=1S/C11H16O2/c1-4-5-11-9(2)10(8-13-11)6-7-12-3/h4-5,10H,1-2,6-8H2,3H3. The summed E-state index contributed by atoms with van der Waals surface area (Å²) in [5, 5.41) is 0. The first kappa shape index (κ1) is 10.1. The quantitative estimate of drug-likeness (QED) is 0.661. The number of rotatable bonds is 4. The van der Waals surface area contributed by atoms with E-state index in [9.17, 15) is 0 Å². The van der Waals surface area contributed by atoms with E-state index in [1.54, 1.807) is 13.2 Å². The SMILES string of the molecule is C=CC=C1OCC(CCOC)C1=C. The fraction of sp³-hybridized carbons (Fsp3) is 0.455. The summed E-state index contributed by atoms with van der Waals surface area (Å²) in [5.41, 5.74) is 1.07. The molecule has 0 aromatic heterocycles. The van der Waals surface area contributed by atoms with Crippen molar-refractivity contribution in [1.82, 2.24) is 0 Å². The van der Waals surface area contributed by atoms with Gasteiger partial charge in [0, 0.05) is 19.6 Å². The molecular formula is C11H16O2. The number of hydrogen-bond acceptors (Lipinski definition) is 2. The van der Waals surface area contributed by atoms with Gasteiger partial charge >= 0.3 is 0 Å². The maximum Gasteiger partial charge on any atom is 0.122 e. The molecule has 0 spiro atoms. The predicted molar refractivity (Wildman–Crippen MR) is 53.4 cm³/mol. The molecule has 1 aliphatic rings. The van der Waals surface area contributed by atoms with Gasteiger partial charge < -0.3 is 9.47 Å². The lowest BCUT2D eigenvalue weighted by Crippen LogP contribution is -2.04. The van der Waals surface area contributed by atoms with Gasteiger partial charge in [0.25, 0.3) is 0 Å². The largest absolute Gasteiger partial charge is 0.493 e. The van der Waals surface area contributed by atoms with Crippen molar-refractivity contribution >= 4 is 0 Å². The molecule has 1 aliphatic heterocycles. The van der Waals surface area contributed by atoms with Crippen molar-refractivity contribution in [3.05, 3.63) is 36.6 Å². The van der Waals surface area contributed by atoms with E-state index in [-0.39, 0.29) is 0 Å². The number of allylic oxidation sites excluding steroid dienone is 3. The Morgan fingerprint density at radius 1 is 1.69 bits per heavy atom. The molecule has 0 aromatic rings. The van der Waals surface area contributed by atoms with E-state index in [4.69, 9.17) is 9.47 Å². The van der Waals surface area contributed by atoms with Crippen LogP contribution in [0.25, 0.3) is 0 Å². The smallest absolute Gasteiger partial charge is 0.122 e. The van der Waals surface area contributed by atoms with Crippen LogP contribution in [0.4, 0.5) is 0 Å². The van der Waals surface area contributed by atoms with Crippen LogP contribution in [-0.2, 0) is 9.47 Å². The van der Waals surface area contributed by atoms with Gasteiger partial charge in [0.1, 0.15) is 5.76 Å². The zero-order chi connectivity index (χ0) is 9.68. The van der Waals surface area contributed by atoms with Crippen LogP contribution in [0.2, 0.25) is 0 Å². The zero-order valence-electron chi connectivity index (χ0n) is 8.08. The molecule has 1 rings (SSSR count). The monoisotopic (exact) mass is 180 g/mol. The van der Waals surface area contributed by atoms with E-state index in [0.29, 0.717) is 5.92 Å². The highest BCUT2D eigenvalue weighted by molar-refractivity contribution is 5.31. The second-order valence-electron chi connectivity index (χ2n) is 3.08. The minimum Gasteiger partial charge on any atom is -0.493 e. The topological polar surface area (TPSA) is 18.5 Å². The highest BCUT2D eigenvalue weighted by Crippen LogP contribution is 2.30. The highest BCUT2D eigenvalue weighted by Gasteiger charge is 2.24. The lowest BCUT2D eigenvalue weighted by molar-refractivity contribution is 0.169. The van der Waals surface area contributed by atoms with Crippen LogP contribution in [0.5, 0.6) is 0 Å². The molecule has 1 atom stereocenters. The molecule has 0 aromatic carbocycles. The van der Waals surface area contributed by atoms with Gasteiger partial charge in [-0.3, -0.25) is 0 Å². The van der Waals surface area contributed by atoms with E-state index in [0.717, 1.165) is 31.0 Å². The maximum absolute atomic E-state index is 5.45. The molecule has 0 radical (unpaired) electrons. The van der Waals surface area contributed by atoms with Crippen LogP contribution in [0, 0.1) is 5.92 Å². The van der Waals surface area contributed by atoms with Gasteiger partial charge in [-0.1, -0.05) is 19.2 Å². The molecule has 1 heterocycles. The van der Waals surface area contributed by atoms with Gasteiger partial charge in [0.2, 0.25) is 0 Å². The van der Waals surface area contributed by atoms with Crippen molar-refractivity contribution in [2.24, 2.45) is 5.92 Å². The number of ether oxygens (including phenoxy) is 2. The second-order valence-corrected chi connectivity index (χ2v) is 3.08. The summed E-state index contributed by atoms with van der Waals surface area (Å²) in [7, 11) is 1.71. The Balaban J connectivity index is 2.50. The van der Waals surface area contributed by atoms with Crippen molar-refractivity contribution in [3.63, 3.8) is 0 Å². The van der Waals surface area contributed by atoms with E-state index in [2.05, 4.69) is 13.2 Å². The summed E-state index contributed by atoms with van der Waals surface area (Å²) in [6, 6.07) is 0. The Labute approximate surface area is 79.5 Å². The van der Waals surface area contributed by atoms with Gasteiger partial charge in [0.15, 0.2) is 0 Å². The minimum atomic E-state index is 0.408. The minimum absolute atomic E-state index is 0.408. The summed E-state index contributed by atoms with van der Waals surface area (Å²) in [4.78, 5) is 0. The molecule has 0 saturated carbocycles. The lowest BCUT2D eigenvalue weighted by atomic mass is 9.99. The van der Waals surface area contributed by atoms with Crippen molar-refractivity contribution in [3.8, 4) is 0 Å². The third-order valence-corrected chi connectivity index (χ3v) is 2.19. The first-order valence-electron chi connectivity index (χ1n) is 4.43. The average Bonchev–Trinajstić information content (AvgIpc) is 2.46. The molecule has 1 saturated heterocycles. The van der Waals surface area contributed by atoms with Gasteiger partial charge in [-0.15, -0.1) is 0 Å². The normalized spacial score (nSPS) is 24.8. The Bertz CT molecular complexity index is 228. The maximum atomic E-state index is 5.45. The van der Waals surface area contributed by atoms with Crippen LogP contribution < -0.4 is 0 Å². The van der Waals surface area contributed by atoms with E-state index < -0.39 is 0 Å². The Morgan fingerprint density at radius 2 is 2.46 bits per heavy atom. The van der Waals surface area contributed by atoms with Gasteiger partial charge in [-0.25, -0.2) is 0 Å². The third kappa shape index (κ3) is 2.46. The van der Waals surface area contributed by atoms with Crippen molar-refractivity contribution in [2.45, 2.75) is 6.42 Å². The molecule has 0 N–H and O–H groups in total. The first-order chi connectivity index (χ1) is 6.29. The third-order valence-electron chi connectivity index (χ3n) is 2.19. The molecule has 72 valence electrons. The number of hydrogen-bond donors (Lipinski definition) is 0. The van der Waals surface area contributed by atoms with Crippen molar-refractivity contribution in [2.75, 3.05) is 20.3 Å². The van der Waals surface area contributed by atoms with Gasteiger partial charge in [-0.2, -0.15) is 0 Å². The summed E-state index contributed by atoms with van der Waals surface area (Å²) >= 11 is 0. The molecule has 13 heavy (non-hydrogen) atoms. The molecule has 1 fully saturated rings. The van der Waals surface area contributed by atoms with Crippen LogP contribution in [0.15, 0.2) is 36.6 Å². The van der Waals surface area contributed by atoms with Crippen LogP contribution in [0.1, 0.15) is 6.42 Å². The molecule has 0 amide bonds. The zero-order valence-corrected chi connectivity index (χ0v) is 8.08. The highest BCUT2D eigenvalue weighted by atomic mass is 16.5. The predicted octanol–water partition coefficient (Wildman–Crippen LogP) is 2.30. The Kier molecular flexibility index (Phi) is 3.77. The van der Waals surface area contributed by atoms with E-state index in [1.807, 2.05) is 6.08 Å². The van der Waals surface area contributed by atoms with Crippen LogP contribution in [-0.4, -0.2) is 20.3 Å². The second kappa shape index (κ2) is 4.87. The first-order valence-corrected chi connectivity index (χ1v) is 4.43. The van der Waals surface area contributed by atoms with Crippen LogP contribution in [0.3, 0.4) is 0 Å². The van der Waals surface area contributed by atoms with E-state index >= 15 is 0 Å². The molecule has 2 nitrogen and oxygen atoms in total. The van der Waals surface area contributed by atoms with E-state index in [1.165, 1.54) is 0 Å². The molecule has 0 bridgehead atoms. The molecule has 1 unspecified atom stereocenters. The average molecular weight is 180 g/mol. The van der Waals surface area contributed by atoms with Gasteiger partial charge in [-0.05, 0) is 18.1 Å². The number of methoxy groups -OCH3 is 1. The van der Waals surface area contributed by atoms with Crippen molar-refractivity contribution < 1.29 is 9.47 Å². The summed E-state index contributed by atoms with van der Waals surface area (Å²) in [6.07, 6.45) is 4.55. The molecule has 2 heteroatoms. The summed E-state index contributed by atoms with van der Waals surface area (Å²) in [5.74, 6) is 1.28. The molecular weight excluding hydrogens is 164 g/mol. The molecule has 0 aliphatic carbocycles. The summed E-state index contributed by atoms with van der Waals surface area (Å²) < 4.78 is 10.5.